The molecule has 0 fully saturated rings. The van der Waals surface area contributed by atoms with E-state index in [0.717, 1.165) is 38.0 Å². The Hall–Kier alpha value is -3.11. The largest absolute Gasteiger partial charge is 0.496 e. The molecule has 168 valence electrons. The van der Waals surface area contributed by atoms with Crippen molar-refractivity contribution in [1.29, 1.82) is 5.26 Å². The van der Waals surface area contributed by atoms with Crippen molar-refractivity contribution in [3.8, 4) is 11.8 Å². The van der Waals surface area contributed by atoms with Gasteiger partial charge < -0.3 is 10.1 Å². The van der Waals surface area contributed by atoms with Crippen LogP contribution < -0.4 is 10.1 Å². The zero-order valence-corrected chi connectivity index (χ0v) is 21.7. The van der Waals surface area contributed by atoms with Crippen molar-refractivity contribution in [2.75, 3.05) is 12.4 Å². The molecular weight excluding hydrogens is 523 g/mol. The summed E-state index contributed by atoms with van der Waals surface area (Å²) in [4.78, 5) is 12.8. The van der Waals surface area contributed by atoms with Gasteiger partial charge in [-0.2, -0.15) is 5.26 Å². The lowest BCUT2D eigenvalue weighted by molar-refractivity contribution is -0.112. The van der Waals surface area contributed by atoms with Crippen molar-refractivity contribution in [2.24, 2.45) is 0 Å². The minimum Gasteiger partial charge on any atom is -0.496 e. The lowest BCUT2D eigenvalue weighted by atomic mass is 9.98. The summed E-state index contributed by atoms with van der Waals surface area (Å²) in [6, 6.07) is 18.2. The molecule has 3 aromatic rings. The van der Waals surface area contributed by atoms with E-state index in [1.165, 1.54) is 16.7 Å². The predicted octanol–water partition coefficient (Wildman–Crippen LogP) is 6.67. The van der Waals surface area contributed by atoms with Crippen molar-refractivity contribution in [2.45, 2.75) is 34.1 Å². The average Bonchev–Trinajstić information content (AvgIpc) is 2.75. The molecule has 0 radical (unpaired) electrons. The number of hydrogen-bond acceptors (Lipinski definition) is 3. The Morgan fingerprint density at radius 1 is 1.03 bits per heavy atom. The second-order valence-corrected chi connectivity index (χ2v) is 9.46. The molecule has 0 bridgehead atoms. The van der Waals surface area contributed by atoms with Gasteiger partial charge in [-0.15, -0.1) is 0 Å². The third-order valence-electron chi connectivity index (χ3n) is 5.38. The molecule has 0 aliphatic heterocycles. The lowest BCUT2D eigenvalue weighted by Gasteiger charge is -2.14. The van der Waals surface area contributed by atoms with E-state index in [2.05, 4.69) is 60.0 Å². The summed E-state index contributed by atoms with van der Waals surface area (Å²) in [5.41, 5.74) is 8.23. The van der Waals surface area contributed by atoms with Gasteiger partial charge in [0, 0.05) is 21.2 Å². The summed E-state index contributed by atoms with van der Waals surface area (Å²) in [6.07, 6.45) is 2.35. The van der Waals surface area contributed by atoms with Crippen LogP contribution in [-0.4, -0.2) is 13.0 Å². The summed E-state index contributed by atoms with van der Waals surface area (Å²) in [6.45, 7) is 8.08. The van der Waals surface area contributed by atoms with Crippen LogP contribution in [0.2, 0.25) is 0 Å². The van der Waals surface area contributed by atoms with Gasteiger partial charge in [0.05, 0.1) is 7.11 Å². The molecule has 1 N–H and O–H groups in total. The van der Waals surface area contributed by atoms with Gasteiger partial charge in [0.25, 0.3) is 5.91 Å². The molecule has 5 heteroatoms. The van der Waals surface area contributed by atoms with E-state index < -0.39 is 5.91 Å². The first-order valence-electron chi connectivity index (χ1n) is 10.6. The molecule has 4 nitrogen and oxygen atoms in total. The first-order valence-corrected chi connectivity index (χ1v) is 11.7. The number of ether oxygens (including phenoxy) is 1. The van der Waals surface area contributed by atoms with Crippen LogP contribution in [0.3, 0.4) is 0 Å². The lowest BCUT2D eigenvalue weighted by Crippen LogP contribution is -2.14. The van der Waals surface area contributed by atoms with Gasteiger partial charge >= 0.3 is 0 Å². The van der Waals surface area contributed by atoms with Gasteiger partial charge in [-0.1, -0.05) is 41.5 Å². The summed E-state index contributed by atoms with van der Waals surface area (Å²) in [5, 5.41) is 12.5. The Bertz CT molecular complexity index is 1270. The van der Waals surface area contributed by atoms with Crippen LogP contribution >= 0.6 is 22.6 Å². The zero-order valence-electron chi connectivity index (χ0n) is 19.5. The third kappa shape index (κ3) is 6.23. The quantitative estimate of drug-likeness (QED) is 0.212. The first kappa shape index (κ1) is 24.5. The number of halogens is 1. The van der Waals surface area contributed by atoms with Crippen molar-refractivity contribution in [1.82, 2.24) is 0 Å². The number of rotatable bonds is 6. The summed E-state index contributed by atoms with van der Waals surface area (Å²) >= 11 is 2.29. The Morgan fingerprint density at radius 2 is 1.73 bits per heavy atom. The van der Waals surface area contributed by atoms with E-state index in [-0.39, 0.29) is 5.57 Å². The SMILES string of the molecule is COc1cc(/C=C(\C#N)C(=O)Nc2cc(C)ccc2C)cc(I)c1Cc1cc(C)cc(C)c1. The number of nitrogens with one attached hydrogen (secondary N) is 1. The fraction of sp³-hybridized carbons (Fsp3) is 0.214. The van der Waals surface area contributed by atoms with Crippen molar-refractivity contribution in [3.05, 3.63) is 96.6 Å². The van der Waals surface area contributed by atoms with Crippen molar-refractivity contribution < 1.29 is 9.53 Å². The molecule has 33 heavy (non-hydrogen) atoms. The highest BCUT2D eigenvalue weighted by atomic mass is 127. The van der Waals surface area contributed by atoms with E-state index in [9.17, 15) is 10.1 Å². The molecule has 0 saturated heterocycles. The number of aryl methyl sites for hydroxylation is 4. The smallest absolute Gasteiger partial charge is 0.266 e. The molecule has 1 amide bonds. The molecule has 0 unspecified atom stereocenters. The van der Waals surface area contributed by atoms with Crippen LogP contribution in [-0.2, 0) is 11.2 Å². The molecule has 0 saturated carbocycles. The summed E-state index contributed by atoms with van der Waals surface area (Å²) in [7, 11) is 1.64. The summed E-state index contributed by atoms with van der Waals surface area (Å²) < 4.78 is 6.70. The van der Waals surface area contributed by atoms with E-state index in [4.69, 9.17) is 4.74 Å². The maximum Gasteiger partial charge on any atom is 0.266 e. The monoisotopic (exact) mass is 550 g/mol. The number of benzene rings is 3. The van der Waals surface area contributed by atoms with Crippen LogP contribution in [0.5, 0.6) is 5.75 Å². The number of methoxy groups -OCH3 is 1. The molecule has 0 aliphatic carbocycles. The molecule has 3 aromatic carbocycles. The average molecular weight is 550 g/mol. The molecule has 0 aliphatic rings. The fourth-order valence-electron chi connectivity index (χ4n) is 3.82. The molecule has 0 aromatic heterocycles. The zero-order chi connectivity index (χ0) is 24.1. The van der Waals surface area contributed by atoms with Gasteiger partial charge in [-0.3, -0.25) is 4.79 Å². The topological polar surface area (TPSA) is 62.1 Å². The predicted molar refractivity (Wildman–Crippen MR) is 143 cm³/mol. The van der Waals surface area contributed by atoms with E-state index in [1.807, 2.05) is 50.2 Å². The third-order valence-corrected chi connectivity index (χ3v) is 6.34. The normalized spacial score (nSPS) is 11.1. The number of anilines is 1. The van der Waals surface area contributed by atoms with Crippen molar-refractivity contribution >= 4 is 40.3 Å². The van der Waals surface area contributed by atoms with E-state index in [1.54, 1.807) is 13.2 Å². The first-order chi connectivity index (χ1) is 15.7. The van der Waals surface area contributed by atoms with Gasteiger partial charge in [-0.25, -0.2) is 0 Å². The highest BCUT2D eigenvalue weighted by molar-refractivity contribution is 14.1. The molecule has 0 heterocycles. The van der Waals surface area contributed by atoms with Crippen LogP contribution in [0.4, 0.5) is 5.69 Å². The van der Waals surface area contributed by atoms with Crippen LogP contribution in [0.1, 0.15) is 38.9 Å². The maximum atomic E-state index is 12.8. The Kier molecular flexibility index (Phi) is 7.93. The standard InChI is InChI=1S/C28H27IN2O2/c1-17-6-7-20(4)26(11-17)31-28(32)23(16-30)12-22-14-25(29)24(27(15-22)33-5)13-21-9-18(2)8-19(3)10-21/h6-12,14-15H,13H2,1-5H3,(H,31,32)/b23-12+. The molecule has 3 rings (SSSR count). The van der Waals surface area contributed by atoms with Crippen LogP contribution in [0, 0.1) is 42.6 Å². The molecular formula is C28H27IN2O2. The van der Waals surface area contributed by atoms with Gasteiger partial charge in [-0.05, 0) is 96.8 Å². The minimum atomic E-state index is -0.431. The number of hydrogen-bond donors (Lipinski definition) is 1. The number of carbonyl (C=O) groups is 1. The summed E-state index contributed by atoms with van der Waals surface area (Å²) in [5.74, 6) is 0.305. The van der Waals surface area contributed by atoms with Crippen LogP contribution in [0.25, 0.3) is 6.08 Å². The van der Waals surface area contributed by atoms with Gasteiger partial charge in [0.1, 0.15) is 17.4 Å². The van der Waals surface area contributed by atoms with Gasteiger partial charge in [0.2, 0.25) is 0 Å². The number of amides is 1. The van der Waals surface area contributed by atoms with Gasteiger partial charge in [0.15, 0.2) is 0 Å². The fourth-order valence-corrected chi connectivity index (χ4v) is 4.63. The number of nitriles is 1. The Labute approximate surface area is 209 Å². The highest BCUT2D eigenvalue weighted by Crippen LogP contribution is 2.30. The second-order valence-electron chi connectivity index (χ2n) is 8.30. The molecule has 0 atom stereocenters. The number of nitrogens with zero attached hydrogens (tertiary/aromatic N) is 1. The van der Waals surface area contributed by atoms with E-state index >= 15 is 0 Å². The highest BCUT2D eigenvalue weighted by Gasteiger charge is 2.14. The maximum absolute atomic E-state index is 12.8. The molecule has 0 spiro atoms. The second kappa shape index (κ2) is 10.7. The van der Waals surface area contributed by atoms with E-state index in [0.29, 0.717) is 5.69 Å². The Balaban J connectivity index is 1.91. The van der Waals surface area contributed by atoms with Crippen molar-refractivity contribution in [3.63, 3.8) is 0 Å². The Morgan fingerprint density at radius 3 is 2.36 bits per heavy atom. The number of carbonyl (C=O) groups excluding carboxylic acids is 1. The minimum absolute atomic E-state index is 0.0378. The van der Waals surface area contributed by atoms with Crippen LogP contribution in [0.15, 0.2) is 54.1 Å².